The first-order chi connectivity index (χ1) is 7.77. The number of fused-ring (bicyclic) bond motifs is 1. The Hall–Kier alpha value is -1.27. The molecule has 1 heterocycles. The van der Waals surface area contributed by atoms with Crippen molar-refractivity contribution in [1.82, 2.24) is 0 Å². The minimum absolute atomic E-state index is 0.0666. The van der Waals surface area contributed by atoms with Gasteiger partial charge in [0.05, 0.1) is 13.7 Å². The maximum atomic E-state index is 11.6. The smallest absolute Gasteiger partial charge is 0.245 e. The van der Waals surface area contributed by atoms with E-state index >= 15 is 0 Å². The third-order valence-electron chi connectivity index (χ3n) is 2.89. The SMILES string of the molecule is COc1ccc2c(c1S(N)(=O)=O)OCC2(C)C. The minimum Gasteiger partial charge on any atom is -0.495 e. The van der Waals surface area contributed by atoms with E-state index in [0.717, 1.165) is 5.56 Å². The van der Waals surface area contributed by atoms with Crippen LogP contribution in [0.25, 0.3) is 0 Å². The fraction of sp³-hybridized carbons (Fsp3) is 0.455. The van der Waals surface area contributed by atoms with Gasteiger partial charge in [0.25, 0.3) is 0 Å². The summed E-state index contributed by atoms with van der Waals surface area (Å²) in [6.45, 7) is 4.40. The summed E-state index contributed by atoms with van der Waals surface area (Å²) in [4.78, 5) is -0.0666. The number of nitrogens with two attached hydrogens (primary N) is 1. The van der Waals surface area contributed by atoms with E-state index in [0.29, 0.717) is 12.4 Å². The molecule has 1 aromatic carbocycles. The van der Waals surface area contributed by atoms with E-state index in [-0.39, 0.29) is 16.1 Å². The van der Waals surface area contributed by atoms with Crippen molar-refractivity contribution in [3.8, 4) is 11.5 Å². The van der Waals surface area contributed by atoms with Crippen molar-refractivity contribution in [2.24, 2.45) is 5.14 Å². The average Bonchev–Trinajstić information content (AvgIpc) is 2.52. The Balaban J connectivity index is 2.78. The normalized spacial score (nSPS) is 17.4. The molecule has 0 radical (unpaired) electrons. The summed E-state index contributed by atoms with van der Waals surface area (Å²) in [7, 11) is -2.47. The molecule has 2 rings (SSSR count). The lowest BCUT2D eigenvalue weighted by atomic mass is 9.87. The number of benzene rings is 1. The number of ether oxygens (including phenoxy) is 2. The van der Waals surface area contributed by atoms with Crippen molar-refractivity contribution >= 4 is 10.0 Å². The van der Waals surface area contributed by atoms with Crippen molar-refractivity contribution in [3.05, 3.63) is 17.7 Å². The molecule has 0 bridgehead atoms. The lowest BCUT2D eigenvalue weighted by Crippen LogP contribution is -2.18. The second kappa shape index (κ2) is 3.61. The number of hydrogen-bond acceptors (Lipinski definition) is 4. The quantitative estimate of drug-likeness (QED) is 0.857. The molecule has 1 aliphatic rings. The Morgan fingerprint density at radius 1 is 1.41 bits per heavy atom. The molecule has 0 spiro atoms. The van der Waals surface area contributed by atoms with Crippen LogP contribution in [0.5, 0.6) is 11.5 Å². The predicted molar refractivity (Wildman–Crippen MR) is 62.9 cm³/mol. The van der Waals surface area contributed by atoms with Crippen molar-refractivity contribution in [3.63, 3.8) is 0 Å². The van der Waals surface area contributed by atoms with Crippen LogP contribution in [0, 0.1) is 0 Å². The number of methoxy groups -OCH3 is 1. The van der Waals surface area contributed by atoms with Crippen LogP contribution in [-0.4, -0.2) is 22.1 Å². The van der Waals surface area contributed by atoms with E-state index in [1.165, 1.54) is 7.11 Å². The van der Waals surface area contributed by atoms with Crippen LogP contribution in [0.15, 0.2) is 17.0 Å². The first-order valence-electron chi connectivity index (χ1n) is 5.14. The van der Waals surface area contributed by atoms with Crippen LogP contribution < -0.4 is 14.6 Å². The van der Waals surface area contributed by atoms with Gasteiger partial charge in [-0.3, -0.25) is 0 Å². The molecule has 5 nitrogen and oxygen atoms in total. The highest BCUT2D eigenvalue weighted by Crippen LogP contribution is 2.45. The minimum atomic E-state index is -3.87. The molecule has 94 valence electrons. The summed E-state index contributed by atoms with van der Waals surface area (Å²) < 4.78 is 33.7. The molecule has 0 aromatic heterocycles. The monoisotopic (exact) mass is 257 g/mol. The summed E-state index contributed by atoms with van der Waals surface area (Å²) in [5.41, 5.74) is 0.614. The van der Waals surface area contributed by atoms with Gasteiger partial charge in [-0.05, 0) is 6.07 Å². The molecule has 1 aliphatic heterocycles. The molecule has 0 fully saturated rings. The van der Waals surface area contributed by atoms with Gasteiger partial charge in [0.15, 0.2) is 4.90 Å². The van der Waals surface area contributed by atoms with E-state index in [1.807, 2.05) is 19.9 Å². The summed E-state index contributed by atoms with van der Waals surface area (Å²) in [5.74, 6) is 0.529. The molecule has 0 aliphatic carbocycles. The maximum absolute atomic E-state index is 11.6. The Morgan fingerprint density at radius 2 is 2.06 bits per heavy atom. The summed E-state index contributed by atoms with van der Waals surface area (Å²) in [6, 6.07) is 3.42. The van der Waals surface area contributed by atoms with Crippen LogP contribution in [0.3, 0.4) is 0 Å². The van der Waals surface area contributed by atoms with Crippen LogP contribution >= 0.6 is 0 Å². The van der Waals surface area contributed by atoms with E-state index in [9.17, 15) is 8.42 Å². The molecule has 0 unspecified atom stereocenters. The molecule has 1 aromatic rings. The number of rotatable bonds is 2. The zero-order chi connectivity index (χ0) is 12.8. The van der Waals surface area contributed by atoms with Crippen LogP contribution in [-0.2, 0) is 15.4 Å². The Kier molecular flexibility index (Phi) is 2.59. The van der Waals surface area contributed by atoms with Crippen molar-refractivity contribution in [2.45, 2.75) is 24.2 Å². The van der Waals surface area contributed by atoms with Crippen molar-refractivity contribution < 1.29 is 17.9 Å². The van der Waals surface area contributed by atoms with Gasteiger partial charge in [0.1, 0.15) is 11.5 Å². The van der Waals surface area contributed by atoms with Crippen molar-refractivity contribution in [1.29, 1.82) is 0 Å². The Bertz CT molecular complexity index is 563. The molecule has 0 atom stereocenters. The largest absolute Gasteiger partial charge is 0.495 e. The fourth-order valence-corrected chi connectivity index (χ4v) is 2.84. The third kappa shape index (κ3) is 1.87. The first kappa shape index (κ1) is 12.2. The van der Waals surface area contributed by atoms with Gasteiger partial charge in [0.2, 0.25) is 10.0 Å². The maximum Gasteiger partial charge on any atom is 0.245 e. The summed E-state index contributed by atoms with van der Waals surface area (Å²) in [6.07, 6.45) is 0. The second-order valence-electron chi connectivity index (χ2n) is 4.69. The Morgan fingerprint density at radius 3 is 2.59 bits per heavy atom. The van der Waals surface area contributed by atoms with E-state index in [4.69, 9.17) is 14.6 Å². The molecule has 2 N–H and O–H groups in total. The van der Waals surface area contributed by atoms with E-state index in [2.05, 4.69) is 0 Å². The number of sulfonamides is 1. The second-order valence-corrected chi connectivity index (χ2v) is 6.19. The van der Waals surface area contributed by atoms with Gasteiger partial charge in [-0.2, -0.15) is 0 Å². The molecule has 0 amide bonds. The topological polar surface area (TPSA) is 78.6 Å². The number of hydrogen-bond donors (Lipinski definition) is 1. The zero-order valence-electron chi connectivity index (χ0n) is 9.98. The van der Waals surface area contributed by atoms with Gasteiger partial charge in [-0.25, -0.2) is 13.6 Å². The van der Waals surface area contributed by atoms with Gasteiger partial charge >= 0.3 is 0 Å². The lowest BCUT2D eigenvalue weighted by molar-refractivity contribution is 0.284. The van der Waals surface area contributed by atoms with E-state index in [1.54, 1.807) is 6.07 Å². The van der Waals surface area contributed by atoms with Gasteiger partial charge in [-0.1, -0.05) is 19.9 Å². The third-order valence-corrected chi connectivity index (χ3v) is 3.84. The lowest BCUT2D eigenvalue weighted by Gasteiger charge is -2.16. The first-order valence-corrected chi connectivity index (χ1v) is 6.69. The summed E-state index contributed by atoms with van der Waals surface area (Å²) in [5, 5.41) is 5.21. The van der Waals surface area contributed by atoms with Crippen LogP contribution in [0.4, 0.5) is 0 Å². The molecule has 0 saturated heterocycles. The highest BCUT2D eigenvalue weighted by atomic mass is 32.2. The molecule has 6 heteroatoms. The zero-order valence-corrected chi connectivity index (χ0v) is 10.8. The molecule has 17 heavy (non-hydrogen) atoms. The van der Waals surface area contributed by atoms with Gasteiger partial charge in [0, 0.05) is 11.0 Å². The fourth-order valence-electron chi connectivity index (χ4n) is 1.98. The molecule has 0 saturated carbocycles. The Labute approximate surface area is 101 Å². The van der Waals surface area contributed by atoms with E-state index < -0.39 is 10.0 Å². The van der Waals surface area contributed by atoms with Crippen LogP contribution in [0.1, 0.15) is 19.4 Å². The standard InChI is InChI=1S/C11H15NO4S/c1-11(2)6-16-9-7(11)4-5-8(15-3)10(9)17(12,13)14/h4-5H,6H2,1-3H3,(H2,12,13,14). The highest BCUT2D eigenvalue weighted by Gasteiger charge is 2.37. The summed E-state index contributed by atoms with van der Waals surface area (Å²) >= 11 is 0. The molecular weight excluding hydrogens is 242 g/mol. The predicted octanol–water partition coefficient (Wildman–Crippen LogP) is 1.01. The van der Waals surface area contributed by atoms with Crippen molar-refractivity contribution in [2.75, 3.05) is 13.7 Å². The number of primary sulfonamides is 1. The van der Waals surface area contributed by atoms with Gasteiger partial charge < -0.3 is 9.47 Å². The average molecular weight is 257 g/mol. The highest BCUT2D eigenvalue weighted by molar-refractivity contribution is 7.89. The van der Waals surface area contributed by atoms with Gasteiger partial charge in [-0.15, -0.1) is 0 Å². The molecular formula is C11H15NO4S. The van der Waals surface area contributed by atoms with Crippen LogP contribution in [0.2, 0.25) is 0 Å².